The van der Waals surface area contributed by atoms with Crippen molar-refractivity contribution < 1.29 is 0 Å². The van der Waals surface area contributed by atoms with Gasteiger partial charge in [-0.05, 0) is 23.6 Å². The van der Waals surface area contributed by atoms with Gasteiger partial charge in [-0.25, -0.2) is 0 Å². The van der Waals surface area contributed by atoms with E-state index in [1.54, 1.807) is 11.3 Å². The Hall–Kier alpha value is -1.54. The average molecular weight is 215 g/mol. The van der Waals surface area contributed by atoms with Crippen LogP contribution in [-0.2, 0) is 0 Å². The number of para-hydroxylation sites is 1. The quantitative estimate of drug-likeness (QED) is 0.757. The summed E-state index contributed by atoms with van der Waals surface area (Å²) in [6.45, 7) is 3.86. The van der Waals surface area contributed by atoms with E-state index in [4.69, 9.17) is 0 Å². The average Bonchev–Trinajstić information content (AvgIpc) is 2.81. The lowest BCUT2D eigenvalue weighted by atomic mass is 10.2. The van der Waals surface area contributed by atoms with Crippen LogP contribution in [-0.4, -0.2) is 0 Å². The standard InChI is InChI=1S/C13H13NS/c1-2-12(13-9-6-10-15-13)14-11-7-4-3-5-8-11/h2-10,12,14H,1H2. The molecule has 0 aliphatic rings. The molecule has 76 valence electrons. The van der Waals surface area contributed by atoms with Gasteiger partial charge in [-0.15, -0.1) is 17.9 Å². The van der Waals surface area contributed by atoms with Crippen LogP contribution in [0.5, 0.6) is 0 Å². The van der Waals surface area contributed by atoms with Crippen molar-refractivity contribution in [1.82, 2.24) is 0 Å². The highest BCUT2D eigenvalue weighted by atomic mass is 32.1. The summed E-state index contributed by atoms with van der Waals surface area (Å²) >= 11 is 1.74. The van der Waals surface area contributed by atoms with Crippen molar-refractivity contribution in [2.75, 3.05) is 5.32 Å². The Morgan fingerprint density at radius 2 is 1.93 bits per heavy atom. The van der Waals surface area contributed by atoms with Gasteiger partial charge in [-0.2, -0.15) is 0 Å². The van der Waals surface area contributed by atoms with Crippen LogP contribution in [0.3, 0.4) is 0 Å². The first-order chi connectivity index (χ1) is 7.40. The molecule has 1 heterocycles. The van der Waals surface area contributed by atoms with E-state index in [1.807, 2.05) is 24.3 Å². The second-order valence-electron chi connectivity index (χ2n) is 3.24. The van der Waals surface area contributed by atoms with Crippen LogP contribution in [0.25, 0.3) is 0 Å². The van der Waals surface area contributed by atoms with Crippen LogP contribution in [0.15, 0.2) is 60.5 Å². The van der Waals surface area contributed by atoms with Gasteiger partial charge >= 0.3 is 0 Å². The van der Waals surface area contributed by atoms with Crippen LogP contribution in [0, 0.1) is 0 Å². The van der Waals surface area contributed by atoms with Crippen molar-refractivity contribution in [3.05, 3.63) is 65.4 Å². The third-order valence-electron chi connectivity index (χ3n) is 2.18. The van der Waals surface area contributed by atoms with E-state index in [9.17, 15) is 0 Å². The largest absolute Gasteiger partial charge is 0.374 e. The molecule has 15 heavy (non-hydrogen) atoms. The molecule has 0 aliphatic heterocycles. The predicted octanol–water partition coefficient (Wildman–Crippen LogP) is 4.09. The lowest BCUT2D eigenvalue weighted by molar-refractivity contribution is 1.02. The van der Waals surface area contributed by atoms with Crippen molar-refractivity contribution in [3.8, 4) is 0 Å². The minimum atomic E-state index is 0.201. The Morgan fingerprint density at radius 3 is 2.53 bits per heavy atom. The molecule has 0 aliphatic carbocycles. The molecule has 0 bridgehead atoms. The Morgan fingerprint density at radius 1 is 1.13 bits per heavy atom. The molecular weight excluding hydrogens is 202 g/mol. The minimum Gasteiger partial charge on any atom is -0.374 e. The first kappa shape index (κ1) is 9.99. The Labute approximate surface area is 94.1 Å². The highest BCUT2D eigenvalue weighted by Crippen LogP contribution is 2.23. The summed E-state index contributed by atoms with van der Waals surface area (Å²) in [4.78, 5) is 1.29. The third kappa shape index (κ3) is 2.48. The van der Waals surface area contributed by atoms with E-state index in [0.717, 1.165) is 5.69 Å². The first-order valence-corrected chi connectivity index (χ1v) is 5.75. The monoisotopic (exact) mass is 215 g/mol. The third-order valence-corrected chi connectivity index (χ3v) is 3.14. The molecule has 2 rings (SSSR count). The fourth-order valence-corrected chi connectivity index (χ4v) is 2.20. The number of anilines is 1. The van der Waals surface area contributed by atoms with Gasteiger partial charge in [0.25, 0.3) is 0 Å². The van der Waals surface area contributed by atoms with Gasteiger partial charge in [0.2, 0.25) is 0 Å². The molecular formula is C13H13NS. The summed E-state index contributed by atoms with van der Waals surface area (Å²) in [5, 5.41) is 5.51. The van der Waals surface area contributed by atoms with Gasteiger partial charge < -0.3 is 5.32 Å². The Balaban J connectivity index is 2.13. The van der Waals surface area contributed by atoms with Gasteiger partial charge in [0.15, 0.2) is 0 Å². The van der Waals surface area contributed by atoms with Gasteiger partial charge in [0, 0.05) is 10.6 Å². The van der Waals surface area contributed by atoms with E-state index in [-0.39, 0.29) is 6.04 Å². The molecule has 2 heteroatoms. The maximum atomic E-state index is 3.86. The molecule has 1 aromatic heterocycles. The summed E-state index contributed by atoms with van der Waals surface area (Å²) in [6, 6.07) is 14.6. The number of thiophene rings is 1. The molecule has 0 radical (unpaired) electrons. The van der Waals surface area contributed by atoms with Crippen molar-refractivity contribution in [2.24, 2.45) is 0 Å². The molecule has 0 fully saturated rings. The maximum Gasteiger partial charge on any atom is 0.0788 e. The van der Waals surface area contributed by atoms with E-state index < -0.39 is 0 Å². The van der Waals surface area contributed by atoms with E-state index >= 15 is 0 Å². The summed E-state index contributed by atoms with van der Waals surface area (Å²) < 4.78 is 0. The molecule has 0 amide bonds. The zero-order valence-corrected chi connectivity index (χ0v) is 9.21. The second-order valence-corrected chi connectivity index (χ2v) is 4.22. The Bertz CT molecular complexity index is 405. The fourth-order valence-electron chi connectivity index (χ4n) is 1.43. The van der Waals surface area contributed by atoms with Crippen molar-refractivity contribution in [2.45, 2.75) is 6.04 Å². The number of rotatable bonds is 4. The normalized spacial score (nSPS) is 12.0. The first-order valence-electron chi connectivity index (χ1n) is 4.87. The summed E-state index contributed by atoms with van der Waals surface area (Å²) in [5.41, 5.74) is 1.12. The summed E-state index contributed by atoms with van der Waals surface area (Å²) in [7, 11) is 0. The van der Waals surface area contributed by atoms with Crippen LogP contribution in [0.1, 0.15) is 10.9 Å². The van der Waals surface area contributed by atoms with E-state index in [1.165, 1.54) is 4.88 Å². The van der Waals surface area contributed by atoms with Crippen molar-refractivity contribution in [1.29, 1.82) is 0 Å². The van der Waals surface area contributed by atoms with Crippen LogP contribution < -0.4 is 5.32 Å². The molecule has 1 aromatic carbocycles. The van der Waals surface area contributed by atoms with Crippen LogP contribution in [0.2, 0.25) is 0 Å². The minimum absolute atomic E-state index is 0.201. The SMILES string of the molecule is C=CC(Nc1ccccc1)c1cccs1. The topological polar surface area (TPSA) is 12.0 Å². The molecule has 1 unspecified atom stereocenters. The molecule has 2 aromatic rings. The van der Waals surface area contributed by atoms with Gasteiger partial charge in [-0.1, -0.05) is 30.3 Å². The van der Waals surface area contributed by atoms with Gasteiger partial charge in [0.05, 0.1) is 6.04 Å². The fraction of sp³-hybridized carbons (Fsp3) is 0.0769. The lowest BCUT2D eigenvalue weighted by Crippen LogP contribution is -2.05. The highest BCUT2D eigenvalue weighted by Gasteiger charge is 2.06. The van der Waals surface area contributed by atoms with Crippen molar-refractivity contribution >= 4 is 17.0 Å². The van der Waals surface area contributed by atoms with E-state index in [0.29, 0.717) is 0 Å². The van der Waals surface area contributed by atoms with Gasteiger partial charge in [0.1, 0.15) is 0 Å². The number of hydrogen-bond donors (Lipinski definition) is 1. The highest BCUT2D eigenvalue weighted by molar-refractivity contribution is 7.10. The van der Waals surface area contributed by atoms with E-state index in [2.05, 4.69) is 41.5 Å². The van der Waals surface area contributed by atoms with Gasteiger partial charge in [-0.3, -0.25) is 0 Å². The zero-order chi connectivity index (χ0) is 10.5. The molecule has 1 nitrogen and oxygen atoms in total. The van der Waals surface area contributed by atoms with Crippen LogP contribution in [0.4, 0.5) is 5.69 Å². The Kier molecular flexibility index (Phi) is 3.20. The molecule has 0 saturated carbocycles. The molecule has 0 saturated heterocycles. The lowest BCUT2D eigenvalue weighted by Gasteiger charge is -2.14. The van der Waals surface area contributed by atoms with Crippen molar-refractivity contribution in [3.63, 3.8) is 0 Å². The zero-order valence-electron chi connectivity index (χ0n) is 8.39. The predicted molar refractivity (Wildman–Crippen MR) is 67.3 cm³/mol. The number of nitrogens with one attached hydrogen (secondary N) is 1. The molecule has 1 atom stereocenters. The number of benzene rings is 1. The summed E-state index contributed by atoms with van der Waals surface area (Å²) in [5.74, 6) is 0. The second kappa shape index (κ2) is 4.80. The molecule has 1 N–H and O–H groups in total. The van der Waals surface area contributed by atoms with Crippen LogP contribution >= 0.6 is 11.3 Å². The smallest absolute Gasteiger partial charge is 0.0788 e. The molecule has 0 spiro atoms. The number of hydrogen-bond acceptors (Lipinski definition) is 2. The maximum absolute atomic E-state index is 3.86. The summed E-state index contributed by atoms with van der Waals surface area (Å²) in [6.07, 6.45) is 1.93.